The lowest BCUT2D eigenvalue weighted by Gasteiger charge is -2.13. The molecule has 1 amide bonds. The van der Waals surface area contributed by atoms with Crippen LogP contribution < -0.4 is 5.32 Å². The summed E-state index contributed by atoms with van der Waals surface area (Å²) < 4.78 is 13.0. The fourth-order valence-corrected chi connectivity index (χ4v) is 2.04. The fraction of sp³-hybridized carbons (Fsp3) is 0.133. The van der Waals surface area contributed by atoms with E-state index in [1.165, 1.54) is 18.2 Å². The number of aliphatic hydroxyl groups is 1. The van der Waals surface area contributed by atoms with Gasteiger partial charge in [0.05, 0.1) is 6.10 Å². The largest absolute Gasteiger partial charge is 0.387 e. The molecule has 0 radical (unpaired) electrons. The van der Waals surface area contributed by atoms with Gasteiger partial charge in [-0.2, -0.15) is 0 Å². The predicted octanol–water partition coefficient (Wildman–Crippen LogP) is 2.94. The van der Waals surface area contributed by atoms with Crippen molar-refractivity contribution in [3.63, 3.8) is 0 Å². The summed E-state index contributed by atoms with van der Waals surface area (Å²) in [5.41, 5.74) is 0.741. The van der Waals surface area contributed by atoms with Crippen molar-refractivity contribution in [3.8, 4) is 0 Å². The Hall–Kier alpha value is -1.91. The molecule has 0 aromatic heterocycles. The Balaban J connectivity index is 1.99. The zero-order valence-corrected chi connectivity index (χ0v) is 11.3. The maximum Gasteiger partial charge on any atom is 0.251 e. The average Bonchev–Trinajstić information content (AvgIpc) is 2.45. The minimum atomic E-state index is -0.916. The van der Waals surface area contributed by atoms with E-state index in [0.717, 1.165) is 6.07 Å². The molecule has 0 saturated carbocycles. The number of nitrogens with one attached hydrogen (secondary N) is 1. The Morgan fingerprint density at radius 1 is 1.25 bits per heavy atom. The van der Waals surface area contributed by atoms with Gasteiger partial charge in [-0.25, -0.2) is 4.39 Å². The standard InChI is InChI=1S/C15H13ClFNO2/c16-13-7-2-1-6-12(13)14(19)9-18-15(20)10-4-3-5-11(17)8-10/h1-8,14,19H,9H2,(H,18,20). The lowest BCUT2D eigenvalue weighted by atomic mass is 10.1. The third kappa shape index (κ3) is 3.56. The zero-order chi connectivity index (χ0) is 14.5. The summed E-state index contributed by atoms with van der Waals surface area (Å²) in [6, 6.07) is 12.2. The molecule has 2 aromatic carbocycles. The van der Waals surface area contributed by atoms with Gasteiger partial charge < -0.3 is 10.4 Å². The van der Waals surface area contributed by atoms with E-state index in [4.69, 9.17) is 11.6 Å². The molecule has 20 heavy (non-hydrogen) atoms. The Kier molecular flexibility index (Phi) is 4.71. The van der Waals surface area contributed by atoms with Crippen molar-refractivity contribution in [3.05, 3.63) is 70.5 Å². The first-order chi connectivity index (χ1) is 9.58. The number of benzene rings is 2. The SMILES string of the molecule is O=C(NCC(O)c1ccccc1Cl)c1cccc(F)c1. The smallest absolute Gasteiger partial charge is 0.251 e. The Labute approximate surface area is 121 Å². The van der Waals surface area contributed by atoms with Crippen molar-refractivity contribution in [1.82, 2.24) is 5.32 Å². The van der Waals surface area contributed by atoms with Crippen molar-refractivity contribution in [2.24, 2.45) is 0 Å². The van der Waals surface area contributed by atoms with Gasteiger partial charge in [0.25, 0.3) is 5.91 Å². The monoisotopic (exact) mass is 293 g/mol. The summed E-state index contributed by atoms with van der Waals surface area (Å²) in [5.74, 6) is -0.931. The predicted molar refractivity (Wildman–Crippen MR) is 75.1 cm³/mol. The normalized spacial score (nSPS) is 11.9. The highest BCUT2D eigenvalue weighted by atomic mass is 35.5. The molecule has 0 fully saturated rings. The van der Waals surface area contributed by atoms with Crippen LogP contribution in [0.4, 0.5) is 4.39 Å². The second-order valence-corrected chi connectivity index (χ2v) is 4.66. The van der Waals surface area contributed by atoms with Gasteiger partial charge in [0.1, 0.15) is 5.82 Å². The summed E-state index contributed by atoms with van der Waals surface area (Å²) >= 11 is 5.95. The van der Waals surface area contributed by atoms with E-state index in [0.29, 0.717) is 10.6 Å². The van der Waals surface area contributed by atoms with Crippen LogP contribution in [-0.2, 0) is 0 Å². The highest BCUT2D eigenvalue weighted by Gasteiger charge is 2.13. The molecule has 0 saturated heterocycles. The molecular weight excluding hydrogens is 281 g/mol. The molecule has 1 atom stereocenters. The minimum absolute atomic E-state index is 0.000913. The van der Waals surface area contributed by atoms with Gasteiger partial charge in [0, 0.05) is 22.7 Å². The van der Waals surface area contributed by atoms with E-state index in [9.17, 15) is 14.3 Å². The van der Waals surface area contributed by atoms with E-state index in [-0.39, 0.29) is 12.1 Å². The van der Waals surface area contributed by atoms with Crippen LogP contribution in [0.25, 0.3) is 0 Å². The van der Waals surface area contributed by atoms with E-state index in [1.807, 2.05) is 0 Å². The van der Waals surface area contributed by atoms with E-state index in [1.54, 1.807) is 24.3 Å². The molecule has 104 valence electrons. The van der Waals surface area contributed by atoms with Crippen molar-refractivity contribution in [2.45, 2.75) is 6.10 Å². The molecule has 0 bridgehead atoms. The van der Waals surface area contributed by atoms with Crippen LogP contribution in [0.3, 0.4) is 0 Å². The van der Waals surface area contributed by atoms with E-state index in [2.05, 4.69) is 5.32 Å². The van der Waals surface area contributed by atoms with Gasteiger partial charge in [-0.3, -0.25) is 4.79 Å². The Morgan fingerprint density at radius 3 is 2.70 bits per heavy atom. The molecule has 3 nitrogen and oxygen atoms in total. The third-order valence-corrected chi connectivity index (χ3v) is 3.15. The van der Waals surface area contributed by atoms with Gasteiger partial charge >= 0.3 is 0 Å². The number of hydrogen-bond donors (Lipinski definition) is 2. The van der Waals surface area contributed by atoms with Crippen molar-refractivity contribution in [1.29, 1.82) is 0 Å². The second-order valence-electron chi connectivity index (χ2n) is 4.26. The van der Waals surface area contributed by atoms with Crippen LogP contribution in [0.2, 0.25) is 5.02 Å². The summed E-state index contributed by atoms with van der Waals surface area (Å²) in [7, 11) is 0. The molecule has 1 unspecified atom stereocenters. The second kappa shape index (κ2) is 6.50. The van der Waals surface area contributed by atoms with Gasteiger partial charge in [0.2, 0.25) is 0 Å². The van der Waals surface area contributed by atoms with Crippen LogP contribution in [0.5, 0.6) is 0 Å². The number of aliphatic hydroxyl groups excluding tert-OH is 1. The Bertz CT molecular complexity index is 618. The maximum atomic E-state index is 13.0. The van der Waals surface area contributed by atoms with E-state index < -0.39 is 17.8 Å². The van der Waals surface area contributed by atoms with E-state index >= 15 is 0 Å². The van der Waals surface area contributed by atoms with Gasteiger partial charge in [-0.15, -0.1) is 0 Å². The van der Waals surface area contributed by atoms with Crippen LogP contribution in [0.15, 0.2) is 48.5 Å². The fourth-order valence-electron chi connectivity index (χ4n) is 1.78. The maximum absolute atomic E-state index is 13.0. The summed E-state index contributed by atoms with van der Waals surface area (Å²) in [5, 5.41) is 12.9. The van der Waals surface area contributed by atoms with Crippen LogP contribution in [0.1, 0.15) is 22.0 Å². The molecule has 0 aliphatic heterocycles. The van der Waals surface area contributed by atoms with Gasteiger partial charge in [-0.05, 0) is 24.3 Å². The quantitative estimate of drug-likeness (QED) is 0.910. The first-order valence-corrected chi connectivity index (χ1v) is 6.42. The van der Waals surface area contributed by atoms with Crippen LogP contribution in [-0.4, -0.2) is 17.6 Å². The minimum Gasteiger partial charge on any atom is -0.387 e. The number of hydrogen-bond acceptors (Lipinski definition) is 2. The summed E-state index contributed by atoms with van der Waals surface area (Å²) in [4.78, 5) is 11.8. The highest BCUT2D eigenvalue weighted by Crippen LogP contribution is 2.21. The van der Waals surface area contributed by atoms with Crippen molar-refractivity contribution >= 4 is 17.5 Å². The number of carbonyl (C=O) groups excluding carboxylic acids is 1. The summed E-state index contributed by atoms with van der Waals surface area (Å²) in [6.45, 7) is -0.000913. The third-order valence-electron chi connectivity index (χ3n) is 2.81. The number of halogens is 2. The average molecular weight is 294 g/mol. The first kappa shape index (κ1) is 14.5. The molecule has 2 aromatic rings. The Morgan fingerprint density at radius 2 is 2.00 bits per heavy atom. The lowest BCUT2D eigenvalue weighted by molar-refractivity contribution is 0.0916. The molecule has 0 spiro atoms. The molecule has 2 rings (SSSR count). The number of carbonyl (C=O) groups is 1. The lowest BCUT2D eigenvalue weighted by Crippen LogP contribution is -2.28. The molecule has 5 heteroatoms. The van der Waals surface area contributed by atoms with Gasteiger partial charge in [-0.1, -0.05) is 35.9 Å². The highest BCUT2D eigenvalue weighted by molar-refractivity contribution is 6.31. The topological polar surface area (TPSA) is 49.3 Å². The van der Waals surface area contributed by atoms with Crippen LogP contribution >= 0.6 is 11.6 Å². The number of amides is 1. The van der Waals surface area contributed by atoms with Crippen molar-refractivity contribution < 1.29 is 14.3 Å². The zero-order valence-electron chi connectivity index (χ0n) is 10.5. The first-order valence-electron chi connectivity index (χ1n) is 6.04. The molecule has 0 aliphatic carbocycles. The van der Waals surface area contributed by atoms with Gasteiger partial charge in [0.15, 0.2) is 0 Å². The molecular formula is C15H13ClFNO2. The molecule has 0 aliphatic rings. The summed E-state index contributed by atoms with van der Waals surface area (Å²) in [6.07, 6.45) is -0.916. The molecule has 2 N–H and O–H groups in total. The number of rotatable bonds is 4. The van der Waals surface area contributed by atoms with Crippen LogP contribution in [0, 0.1) is 5.82 Å². The molecule has 0 heterocycles. The van der Waals surface area contributed by atoms with Crippen molar-refractivity contribution in [2.75, 3.05) is 6.54 Å².